The Bertz CT molecular complexity index is 2920. The molecule has 11 rings (SSSR count). The minimum atomic E-state index is -1.88. The van der Waals surface area contributed by atoms with Crippen LogP contribution in [-0.4, -0.2) is 19.1 Å². The van der Waals surface area contributed by atoms with E-state index in [1.165, 1.54) is 41.8 Å². The Hall–Kier alpha value is -6.69. The van der Waals surface area contributed by atoms with Crippen molar-refractivity contribution >= 4 is 43.0 Å². The van der Waals surface area contributed by atoms with Gasteiger partial charge in [-0.3, -0.25) is 9.55 Å². The Morgan fingerprint density at radius 2 is 1.11 bits per heavy atom. The van der Waals surface area contributed by atoms with Crippen LogP contribution in [0, 0.1) is 0 Å². The molecule has 0 amide bonds. The highest BCUT2D eigenvalue weighted by Gasteiger charge is 2.34. The number of fused-ring (bicyclic) bond motifs is 8. The first-order chi connectivity index (χ1) is 26.8. The molecule has 0 aliphatic heterocycles. The molecule has 0 fully saturated rings. The average molecular weight is 711 g/mol. The maximum absolute atomic E-state index is 5.21. The molecule has 0 unspecified atom stereocenters. The fraction of sp³-hybridized carbons (Fsp3) is 0.0204. The molecule has 7 aromatic carbocycles. The lowest BCUT2D eigenvalue weighted by Gasteiger charge is -2.42. The van der Waals surface area contributed by atoms with Crippen molar-refractivity contribution in [2.45, 2.75) is 26.0 Å². The normalized spacial score (nSPS) is 12.7. The van der Waals surface area contributed by atoms with Gasteiger partial charge in [-0.2, -0.15) is 0 Å². The summed E-state index contributed by atoms with van der Waals surface area (Å²) in [4.78, 5) is 15.1. The summed E-state index contributed by atoms with van der Waals surface area (Å²) in [6.45, 7) is 0. The van der Waals surface area contributed by atoms with Gasteiger partial charge in [-0.25, -0.2) is 4.98 Å². The molecule has 0 spiro atoms. The largest absolute Gasteiger partial charge is 0.307 e. The Morgan fingerprint density at radius 1 is 0.481 bits per heavy atom. The van der Waals surface area contributed by atoms with Crippen LogP contribution in [0.2, 0.25) is 0 Å². The summed E-state index contributed by atoms with van der Waals surface area (Å²) in [5.41, 5.74) is 12.7. The number of hydrogen-bond acceptors (Lipinski definition) is 2. The lowest BCUT2D eigenvalue weighted by atomic mass is 10.0. The topological polar surface area (TPSA) is 35.6 Å². The van der Waals surface area contributed by atoms with Gasteiger partial charge in [0.15, 0.2) is 0 Å². The fourth-order valence-corrected chi connectivity index (χ4v) is 12.5. The highest BCUT2D eigenvalue weighted by Crippen LogP contribution is 2.73. The quantitative estimate of drug-likeness (QED) is 0.172. The second-order valence-electron chi connectivity index (χ2n) is 13.9. The van der Waals surface area contributed by atoms with Crippen LogP contribution in [-0.2, 0) is 6.42 Å². The van der Waals surface area contributed by atoms with Crippen LogP contribution >= 0.6 is 10.0 Å². The highest BCUT2D eigenvalue weighted by atomic mass is 32.3. The van der Waals surface area contributed by atoms with Crippen molar-refractivity contribution in [3.63, 3.8) is 0 Å². The van der Waals surface area contributed by atoms with Crippen LogP contribution in [0.1, 0.15) is 11.1 Å². The van der Waals surface area contributed by atoms with E-state index in [1.807, 2.05) is 12.4 Å². The van der Waals surface area contributed by atoms with Crippen LogP contribution < -0.4 is 0 Å². The Labute approximate surface area is 315 Å². The number of pyridine rings is 1. The molecule has 0 N–H and O–H groups in total. The average Bonchev–Trinajstić information content (AvgIpc) is 3.94. The van der Waals surface area contributed by atoms with E-state index in [0.717, 1.165) is 50.8 Å². The predicted octanol–water partition coefficient (Wildman–Crippen LogP) is 12.4. The highest BCUT2D eigenvalue weighted by molar-refractivity contribution is 8.34. The molecular weight excluding hydrogens is 677 g/mol. The minimum absolute atomic E-state index is 0.851. The molecule has 256 valence electrons. The molecule has 54 heavy (non-hydrogen) atoms. The van der Waals surface area contributed by atoms with Crippen molar-refractivity contribution in [1.82, 2.24) is 19.1 Å². The lowest BCUT2D eigenvalue weighted by Crippen LogP contribution is -2.06. The summed E-state index contributed by atoms with van der Waals surface area (Å²) in [6.07, 6.45) is 4.89. The zero-order chi connectivity index (χ0) is 35.6. The van der Waals surface area contributed by atoms with Crippen LogP contribution in [0.3, 0.4) is 0 Å². The summed E-state index contributed by atoms with van der Waals surface area (Å²) < 4.78 is 4.67. The second kappa shape index (κ2) is 12.2. The van der Waals surface area contributed by atoms with Crippen LogP contribution in [0.5, 0.6) is 0 Å². The lowest BCUT2D eigenvalue weighted by molar-refractivity contribution is 1.09. The third-order valence-electron chi connectivity index (χ3n) is 11.0. The molecule has 3 aromatic heterocycles. The predicted molar refractivity (Wildman–Crippen MR) is 221 cm³/mol. The maximum Gasteiger partial charge on any atom is 0.100 e. The van der Waals surface area contributed by atoms with Gasteiger partial charge in [-0.05, 0) is 102 Å². The number of aromatic nitrogens is 4. The van der Waals surface area contributed by atoms with Gasteiger partial charge in [-0.1, -0.05) is 97.1 Å². The van der Waals surface area contributed by atoms with E-state index in [2.05, 4.69) is 191 Å². The molecule has 0 saturated heterocycles. The third-order valence-corrected chi connectivity index (χ3v) is 14.8. The first-order valence-electron chi connectivity index (χ1n) is 18.3. The summed E-state index contributed by atoms with van der Waals surface area (Å²) in [7, 11) is -1.88. The van der Waals surface area contributed by atoms with Gasteiger partial charge in [0.05, 0.1) is 27.6 Å². The van der Waals surface area contributed by atoms with Crippen LogP contribution in [0.25, 0.3) is 55.5 Å². The van der Waals surface area contributed by atoms with Crippen molar-refractivity contribution in [1.29, 1.82) is 0 Å². The number of imidazole rings is 1. The maximum atomic E-state index is 5.21. The summed E-state index contributed by atoms with van der Waals surface area (Å²) in [6, 6.07) is 66.4. The Kier molecular flexibility index (Phi) is 6.97. The molecule has 1 aliphatic rings. The number of hydrogen-bond donors (Lipinski definition) is 0. The molecule has 5 heteroatoms. The molecule has 0 radical (unpaired) electrons. The second-order valence-corrected chi connectivity index (χ2v) is 17.0. The summed E-state index contributed by atoms with van der Waals surface area (Å²) in [5, 5.41) is 1.15. The fourth-order valence-electron chi connectivity index (χ4n) is 8.62. The Morgan fingerprint density at radius 3 is 1.83 bits per heavy atom. The molecule has 3 heterocycles. The SMILES string of the molecule is c1ccc(S(c2ccccc2)(c2ccccc2)c2cccc(-n3c4ccccc4c4ncc5c(c43)-c3cc(-n4cnc6ccccc64)ccc3C5)c2)cc1. The molecular formula is C49H34N4S. The van der Waals surface area contributed by atoms with Crippen molar-refractivity contribution in [3.05, 3.63) is 206 Å². The van der Waals surface area contributed by atoms with E-state index in [0.29, 0.717) is 0 Å². The van der Waals surface area contributed by atoms with E-state index >= 15 is 0 Å². The third kappa shape index (κ3) is 4.52. The number of rotatable bonds is 6. The van der Waals surface area contributed by atoms with Gasteiger partial charge in [0.25, 0.3) is 0 Å². The smallest absolute Gasteiger partial charge is 0.100 e. The monoisotopic (exact) mass is 710 g/mol. The van der Waals surface area contributed by atoms with E-state index in [4.69, 9.17) is 9.97 Å². The van der Waals surface area contributed by atoms with Gasteiger partial charge in [0, 0.05) is 54.5 Å². The molecule has 10 aromatic rings. The molecule has 0 atom stereocenters. The van der Waals surface area contributed by atoms with Crippen molar-refractivity contribution in [2.24, 2.45) is 0 Å². The van der Waals surface area contributed by atoms with Crippen molar-refractivity contribution in [3.8, 4) is 22.5 Å². The number of benzene rings is 7. The van der Waals surface area contributed by atoms with Gasteiger partial charge in [0.2, 0.25) is 0 Å². The van der Waals surface area contributed by atoms with Gasteiger partial charge >= 0.3 is 0 Å². The van der Waals surface area contributed by atoms with Gasteiger partial charge in [-0.15, -0.1) is 10.0 Å². The van der Waals surface area contributed by atoms with E-state index in [9.17, 15) is 0 Å². The van der Waals surface area contributed by atoms with Crippen LogP contribution in [0.15, 0.2) is 214 Å². The molecule has 1 aliphatic carbocycles. The standard InChI is InChI=1S/C49H34N4S/c1-4-16-38(17-5-1)54(39-18-6-2-7-19-39,40-20-8-3-9-21-40)41-22-14-15-37(30-41)53-45-25-12-10-23-42(45)48-49(53)47-35(32-50-48)29-34-27-28-36(31-43(34)47)52-33-51-44-24-11-13-26-46(44)52/h1-28,30-33H,29H2. The van der Waals surface area contributed by atoms with E-state index < -0.39 is 10.0 Å². The van der Waals surface area contributed by atoms with Crippen molar-refractivity contribution < 1.29 is 0 Å². The summed E-state index contributed by atoms with van der Waals surface area (Å²) in [5.74, 6) is 0. The molecule has 0 bridgehead atoms. The molecule has 0 saturated carbocycles. The number of nitrogens with zero attached hydrogens (tertiary/aromatic N) is 4. The molecule has 4 nitrogen and oxygen atoms in total. The number of para-hydroxylation sites is 3. The summed E-state index contributed by atoms with van der Waals surface area (Å²) >= 11 is 0. The van der Waals surface area contributed by atoms with Gasteiger partial charge < -0.3 is 4.57 Å². The Balaban J connectivity index is 1.19. The van der Waals surface area contributed by atoms with Crippen molar-refractivity contribution in [2.75, 3.05) is 0 Å². The zero-order valence-corrected chi connectivity index (χ0v) is 30.2. The van der Waals surface area contributed by atoms with Crippen LogP contribution in [0.4, 0.5) is 0 Å². The minimum Gasteiger partial charge on any atom is -0.307 e. The first-order valence-corrected chi connectivity index (χ1v) is 20.0. The zero-order valence-electron chi connectivity index (χ0n) is 29.4. The first kappa shape index (κ1) is 30.9. The van der Waals surface area contributed by atoms with E-state index in [-0.39, 0.29) is 0 Å². The van der Waals surface area contributed by atoms with Gasteiger partial charge in [0.1, 0.15) is 6.33 Å². The van der Waals surface area contributed by atoms with E-state index in [1.54, 1.807) is 0 Å².